The molecule has 1 amide bonds. The predicted octanol–water partition coefficient (Wildman–Crippen LogP) is 2.66. The molecule has 1 fully saturated rings. The number of para-hydroxylation sites is 1. The summed E-state index contributed by atoms with van der Waals surface area (Å²) in [5, 5.41) is 7.79. The van der Waals surface area contributed by atoms with Gasteiger partial charge in [-0.3, -0.25) is 4.79 Å². The summed E-state index contributed by atoms with van der Waals surface area (Å²) in [6.45, 7) is 3.26. The van der Waals surface area contributed by atoms with E-state index in [1.54, 1.807) is 10.9 Å². The lowest BCUT2D eigenvalue weighted by atomic mass is 9.99. The Morgan fingerprint density at radius 3 is 2.86 bits per heavy atom. The van der Waals surface area contributed by atoms with Crippen LogP contribution in [-0.2, 0) is 4.79 Å². The number of carbonyl (C=O) groups excluding carboxylic acids is 1. The molecular weight excluding hydrogens is 374 g/mol. The number of hydrogen-bond acceptors (Lipinski definition) is 7. The number of aryl methyl sites for hydroxylation is 1. The van der Waals surface area contributed by atoms with Gasteiger partial charge >= 0.3 is 0 Å². The molecule has 1 aliphatic rings. The molecule has 0 bridgehead atoms. The van der Waals surface area contributed by atoms with Gasteiger partial charge in [0, 0.05) is 31.5 Å². The van der Waals surface area contributed by atoms with Gasteiger partial charge in [-0.05, 0) is 24.6 Å². The SMILES string of the molecule is Cc1cccc2sc(NC(=O)C3CN(c4cc(-n5cccn5)ncn4)C3)nc12. The van der Waals surface area contributed by atoms with Gasteiger partial charge in [-0.2, -0.15) is 5.10 Å². The van der Waals surface area contributed by atoms with Crippen molar-refractivity contribution < 1.29 is 4.79 Å². The maximum absolute atomic E-state index is 12.6. The number of aromatic nitrogens is 5. The van der Waals surface area contributed by atoms with E-state index < -0.39 is 0 Å². The molecule has 1 saturated heterocycles. The van der Waals surface area contributed by atoms with Crippen LogP contribution in [0.5, 0.6) is 0 Å². The van der Waals surface area contributed by atoms with Gasteiger partial charge in [0.15, 0.2) is 10.9 Å². The van der Waals surface area contributed by atoms with Gasteiger partial charge in [0.25, 0.3) is 0 Å². The number of amides is 1. The fourth-order valence-electron chi connectivity index (χ4n) is 3.22. The number of anilines is 2. The first kappa shape index (κ1) is 16.8. The Hall–Kier alpha value is -3.33. The molecule has 140 valence electrons. The number of carbonyl (C=O) groups is 1. The first-order valence-corrected chi connectivity index (χ1v) is 9.73. The Labute approximate surface area is 164 Å². The number of nitrogens with zero attached hydrogens (tertiary/aromatic N) is 6. The number of benzene rings is 1. The lowest BCUT2D eigenvalue weighted by Gasteiger charge is -2.38. The van der Waals surface area contributed by atoms with E-state index in [0.29, 0.717) is 24.0 Å². The van der Waals surface area contributed by atoms with Gasteiger partial charge in [-0.25, -0.2) is 19.6 Å². The standard InChI is InChI=1S/C19H17N7OS/c1-12-4-2-5-14-17(12)23-19(28-14)24-18(27)13-9-25(10-13)15-8-16(21-11-20-15)26-7-3-6-22-26/h2-8,11,13H,9-10H2,1H3,(H,23,24,27). The molecule has 4 aromatic rings. The Balaban J connectivity index is 1.24. The third-order valence-electron chi connectivity index (χ3n) is 4.80. The number of hydrogen-bond donors (Lipinski definition) is 1. The zero-order valence-corrected chi connectivity index (χ0v) is 15.9. The van der Waals surface area contributed by atoms with Crippen molar-refractivity contribution in [3.05, 3.63) is 54.6 Å². The van der Waals surface area contributed by atoms with Crippen molar-refractivity contribution in [2.24, 2.45) is 5.92 Å². The van der Waals surface area contributed by atoms with Crippen LogP contribution in [0.15, 0.2) is 49.1 Å². The molecule has 0 radical (unpaired) electrons. The Morgan fingerprint density at radius 2 is 2.07 bits per heavy atom. The second kappa shape index (κ2) is 6.68. The van der Waals surface area contributed by atoms with Crippen molar-refractivity contribution in [1.82, 2.24) is 24.7 Å². The molecule has 1 aromatic carbocycles. The van der Waals surface area contributed by atoms with Crippen LogP contribution in [-0.4, -0.2) is 43.7 Å². The summed E-state index contributed by atoms with van der Waals surface area (Å²) in [5.41, 5.74) is 2.06. The molecule has 0 aliphatic carbocycles. The van der Waals surface area contributed by atoms with Crippen molar-refractivity contribution >= 4 is 38.4 Å². The molecule has 5 rings (SSSR count). The molecule has 3 aromatic heterocycles. The highest BCUT2D eigenvalue weighted by Gasteiger charge is 2.34. The number of thiazole rings is 1. The number of nitrogens with one attached hydrogen (secondary N) is 1. The van der Waals surface area contributed by atoms with Gasteiger partial charge in [0.1, 0.15) is 12.1 Å². The van der Waals surface area contributed by atoms with Crippen LogP contribution in [0.3, 0.4) is 0 Å². The second-order valence-electron chi connectivity index (χ2n) is 6.72. The molecule has 28 heavy (non-hydrogen) atoms. The monoisotopic (exact) mass is 391 g/mol. The van der Waals surface area contributed by atoms with E-state index in [9.17, 15) is 4.79 Å². The summed E-state index contributed by atoms with van der Waals surface area (Å²) in [6.07, 6.45) is 5.05. The highest BCUT2D eigenvalue weighted by molar-refractivity contribution is 7.22. The maximum Gasteiger partial charge on any atom is 0.232 e. The molecule has 0 spiro atoms. The summed E-state index contributed by atoms with van der Waals surface area (Å²) >= 11 is 1.50. The van der Waals surface area contributed by atoms with Gasteiger partial charge in [0.2, 0.25) is 5.91 Å². The molecule has 0 unspecified atom stereocenters. The fourth-order valence-corrected chi connectivity index (χ4v) is 4.17. The Kier molecular flexibility index (Phi) is 4.01. The highest BCUT2D eigenvalue weighted by Crippen LogP contribution is 2.29. The topological polar surface area (TPSA) is 88.8 Å². The molecule has 1 N–H and O–H groups in total. The molecule has 0 saturated carbocycles. The van der Waals surface area contributed by atoms with E-state index in [0.717, 1.165) is 21.6 Å². The molecule has 0 atom stereocenters. The molecule has 1 aliphatic heterocycles. The Bertz CT molecular complexity index is 1150. The minimum absolute atomic E-state index is 0.00526. The Morgan fingerprint density at radius 1 is 1.21 bits per heavy atom. The van der Waals surface area contributed by atoms with E-state index in [-0.39, 0.29) is 11.8 Å². The van der Waals surface area contributed by atoms with Gasteiger partial charge in [0.05, 0.1) is 16.1 Å². The van der Waals surface area contributed by atoms with Crippen LogP contribution in [0.4, 0.5) is 10.9 Å². The van der Waals surface area contributed by atoms with Crippen LogP contribution in [0.1, 0.15) is 5.56 Å². The maximum atomic E-state index is 12.6. The summed E-state index contributed by atoms with van der Waals surface area (Å²) < 4.78 is 2.77. The summed E-state index contributed by atoms with van der Waals surface area (Å²) in [6, 6.07) is 9.76. The lowest BCUT2D eigenvalue weighted by molar-refractivity contribution is -0.120. The van der Waals surface area contributed by atoms with Gasteiger partial charge in [-0.15, -0.1) is 0 Å². The molecule has 8 nitrogen and oxygen atoms in total. The summed E-state index contributed by atoms with van der Waals surface area (Å²) in [7, 11) is 0. The van der Waals surface area contributed by atoms with E-state index in [1.807, 2.05) is 43.5 Å². The quantitative estimate of drug-likeness (QED) is 0.575. The third-order valence-corrected chi connectivity index (χ3v) is 5.74. The van der Waals surface area contributed by atoms with Crippen LogP contribution < -0.4 is 10.2 Å². The third kappa shape index (κ3) is 2.99. The van der Waals surface area contributed by atoms with Crippen molar-refractivity contribution in [3.8, 4) is 5.82 Å². The fraction of sp³-hybridized carbons (Fsp3) is 0.211. The summed E-state index contributed by atoms with van der Waals surface area (Å²) in [4.78, 5) is 27.7. The average molecular weight is 391 g/mol. The average Bonchev–Trinajstić information content (AvgIpc) is 3.31. The largest absolute Gasteiger partial charge is 0.355 e. The summed E-state index contributed by atoms with van der Waals surface area (Å²) in [5.74, 6) is 1.40. The van der Waals surface area contributed by atoms with Gasteiger partial charge in [-0.1, -0.05) is 23.5 Å². The lowest BCUT2D eigenvalue weighted by Crippen LogP contribution is -2.52. The minimum Gasteiger partial charge on any atom is -0.355 e. The molecule has 9 heteroatoms. The number of fused-ring (bicyclic) bond motifs is 1. The van der Waals surface area contributed by atoms with Crippen molar-refractivity contribution in [1.29, 1.82) is 0 Å². The minimum atomic E-state index is -0.0868. The van der Waals surface area contributed by atoms with Crippen LogP contribution in [0.25, 0.3) is 16.0 Å². The van der Waals surface area contributed by atoms with E-state index in [4.69, 9.17) is 0 Å². The van der Waals surface area contributed by atoms with Crippen LogP contribution in [0, 0.1) is 12.8 Å². The second-order valence-corrected chi connectivity index (χ2v) is 7.75. The van der Waals surface area contributed by atoms with E-state index >= 15 is 0 Å². The zero-order valence-electron chi connectivity index (χ0n) is 15.1. The van der Waals surface area contributed by atoms with Gasteiger partial charge < -0.3 is 10.2 Å². The highest BCUT2D eigenvalue weighted by atomic mass is 32.1. The van der Waals surface area contributed by atoms with E-state index in [2.05, 4.69) is 30.3 Å². The normalized spacial score (nSPS) is 14.2. The predicted molar refractivity (Wildman–Crippen MR) is 108 cm³/mol. The molecular formula is C19H17N7OS. The molecule has 4 heterocycles. The van der Waals surface area contributed by atoms with Crippen LogP contribution >= 0.6 is 11.3 Å². The smallest absolute Gasteiger partial charge is 0.232 e. The van der Waals surface area contributed by atoms with Crippen molar-refractivity contribution in [2.45, 2.75) is 6.92 Å². The van der Waals surface area contributed by atoms with Crippen molar-refractivity contribution in [2.75, 3.05) is 23.3 Å². The van der Waals surface area contributed by atoms with Crippen LogP contribution in [0.2, 0.25) is 0 Å². The first-order chi connectivity index (χ1) is 13.7. The number of rotatable bonds is 4. The first-order valence-electron chi connectivity index (χ1n) is 8.91. The zero-order chi connectivity index (χ0) is 19.1. The van der Waals surface area contributed by atoms with E-state index in [1.165, 1.54) is 17.7 Å². The van der Waals surface area contributed by atoms with Crippen molar-refractivity contribution in [3.63, 3.8) is 0 Å².